The Morgan fingerprint density at radius 3 is 2.70 bits per heavy atom. The molecule has 0 radical (unpaired) electrons. The summed E-state index contributed by atoms with van der Waals surface area (Å²) in [5.74, 6) is 0.824. The predicted octanol–water partition coefficient (Wildman–Crippen LogP) is 4.10. The Kier molecular flexibility index (Phi) is 4.83. The van der Waals surface area contributed by atoms with Crippen LogP contribution in [0.1, 0.15) is 20.8 Å². The standard InChI is InChI=1S/C15H16BrNO2S/c1-10-8-13(20-14(10)16)15(18)17(2)9-11-6-4-5-7-12(11)19-3/h4-8H,9H2,1-3H3. The van der Waals surface area contributed by atoms with E-state index in [9.17, 15) is 4.79 Å². The number of rotatable bonds is 4. The number of hydrogen-bond donors (Lipinski definition) is 0. The van der Waals surface area contributed by atoms with E-state index in [0.717, 1.165) is 25.5 Å². The van der Waals surface area contributed by atoms with Crippen molar-refractivity contribution in [1.82, 2.24) is 4.90 Å². The van der Waals surface area contributed by atoms with Gasteiger partial charge in [0.15, 0.2) is 0 Å². The fourth-order valence-corrected chi connectivity index (χ4v) is 3.44. The number of methoxy groups -OCH3 is 1. The number of para-hydroxylation sites is 1. The van der Waals surface area contributed by atoms with E-state index in [-0.39, 0.29) is 5.91 Å². The summed E-state index contributed by atoms with van der Waals surface area (Å²) < 4.78 is 6.32. The zero-order valence-electron chi connectivity index (χ0n) is 11.6. The second-order valence-corrected chi connectivity index (χ2v) is 6.91. The maximum Gasteiger partial charge on any atom is 0.264 e. The maximum atomic E-state index is 12.4. The van der Waals surface area contributed by atoms with Gasteiger partial charge >= 0.3 is 0 Å². The molecule has 2 aromatic rings. The quantitative estimate of drug-likeness (QED) is 0.827. The van der Waals surface area contributed by atoms with Gasteiger partial charge < -0.3 is 9.64 Å². The molecule has 2 rings (SSSR count). The van der Waals surface area contributed by atoms with Crippen molar-refractivity contribution in [1.29, 1.82) is 0 Å². The van der Waals surface area contributed by atoms with Gasteiger partial charge in [-0.1, -0.05) is 18.2 Å². The first-order valence-corrected chi connectivity index (χ1v) is 7.77. The van der Waals surface area contributed by atoms with Crippen LogP contribution in [0.5, 0.6) is 5.75 Å². The molecule has 0 unspecified atom stereocenters. The predicted molar refractivity (Wildman–Crippen MR) is 85.5 cm³/mol. The van der Waals surface area contributed by atoms with Gasteiger partial charge in [-0.2, -0.15) is 0 Å². The molecule has 0 aliphatic carbocycles. The van der Waals surface area contributed by atoms with Crippen molar-refractivity contribution in [3.05, 3.63) is 50.1 Å². The van der Waals surface area contributed by atoms with Crippen LogP contribution in [-0.4, -0.2) is 25.0 Å². The molecule has 106 valence electrons. The highest BCUT2D eigenvalue weighted by Gasteiger charge is 2.17. The molecule has 1 aromatic carbocycles. The lowest BCUT2D eigenvalue weighted by atomic mass is 10.2. The van der Waals surface area contributed by atoms with E-state index in [4.69, 9.17) is 4.74 Å². The number of carbonyl (C=O) groups is 1. The van der Waals surface area contributed by atoms with Gasteiger partial charge in [0.1, 0.15) is 5.75 Å². The van der Waals surface area contributed by atoms with E-state index in [0.29, 0.717) is 6.54 Å². The lowest BCUT2D eigenvalue weighted by Crippen LogP contribution is -2.25. The Hall–Kier alpha value is -1.33. The monoisotopic (exact) mass is 353 g/mol. The largest absolute Gasteiger partial charge is 0.496 e. The molecule has 0 aliphatic heterocycles. The molecule has 0 N–H and O–H groups in total. The number of carbonyl (C=O) groups excluding carboxylic acids is 1. The molecule has 20 heavy (non-hydrogen) atoms. The highest BCUT2D eigenvalue weighted by molar-refractivity contribution is 9.11. The third kappa shape index (κ3) is 3.22. The molecular weight excluding hydrogens is 338 g/mol. The van der Waals surface area contributed by atoms with Gasteiger partial charge in [-0.3, -0.25) is 4.79 Å². The number of amides is 1. The van der Waals surface area contributed by atoms with Crippen molar-refractivity contribution in [3.8, 4) is 5.75 Å². The van der Waals surface area contributed by atoms with Gasteiger partial charge in [-0.25, -0.2) is 0 Å². The first-order chi connectivity index (χ1) is 9.52. The SMILES string of the molecule is COc1ccccc1CN(C)C(=O)c1cc(C)c(Br)s1. The van der Waals surface area contributed by atoms with Gasteiger partial charge in [-0.15, -0.1) is 11.3 Å². The Morgan fingerprint density at radius 2 is 2.10 bits per heavy atom. The number of aryl methyl sites for hydroxylation is 1. The van der Waals surface area contributed by atoms with E-state index in [1.807, 2.05) is 37.3 Å². The summed E-state index contributed by atoms with van der Waals surface area (Å²) in [4.78, 5) is 14.8. The number of thiophene rings is 1. The molecule has 0 saturated carbocycles. The molecule has 1 amide bonds. The van der Waals surface area contributed by atoms with E-state index >= 15 is 0 Å². The van der Waals surface area contributed by atoms with Crippen LogP contribution in [-0.2, 0) is 6.54 Å². The fraction of sp³-hybridized carbons (Fsp3) is 0.267. The Labute approximate surface area is 131 Å². The Balaban J connectivity index is 2.15. The number of halogens is 1. The average Bonchev–Trinajstić information content (AvgIpc) is 2.78. The normalized spacial score (nSPS) is 10.4. The van der Waals surface area contributed by atoms with E-state index in [1.165, 1.54) is 11.3 Å². The minimum Gasteiger partial charge on any atom is -0.496 e. The zero-order chi connectivity index (χ0) is 14.7. The maximum absolute atomic E-state index is 12.4. The smallest absolute Gasteiger partial charge is 0.264 e. The lowest BCUT2D eigenvalue weighted by Gasteiger charge is -2.18. The van der Waals surface area contributed by atoms with Gasteiger partial charge in [0, 0.05) is 19.2 Å². The van der Waals surface area contributed by atoms with Crippen LogP contribution < -0.4 is 4.74 Å². The lowest BCUT2D eigenvalue weighted by molar-refractivity contribution is 0.0789. The summed E-state index contributed by atoms with van der Waals surface area (Å²) in [5.41, 5.74) is 2.09. The topological polar surface area (TPSA) is 29.5 Å². The number of hydrogen-bond acceptors (Lipinski definition) is 3. The van der Waals surface area contributed by atoms with Gasteiger partial charge in [0.25, 0.3) is 5.91 Å². The average molecular weight is 354 g/mol. The van der Waals surface area contributed by atoms with Crippen LogP contribution in [0.4, 0.5) is 0 Å². The van der Waals surface area contributed by atoms with Crippen molar-refractivity contribution >= 4 is 33.2 Å². The molecular formula is C15H16BrNO2S. The molecule has 3 nitrogen and oxygen atoms in total. The summed E-state index contributed by atoms with van der Waals surface area (Å²) in [7, 11) is 3.44. The van der Waals surface area contributed by atoms with Crippen molar-refractivity contribution < 1.29 is 9.53 Å². The van der Waals surface area contributed by atoms with Crippen LogP contribution in [0.3, 0.4) is 0 Å². The summed E-state index contributed by atoms with van der Waals surface area (Å²) in [6.07, 6.45) is 0. The third-order valence-electron chi connectivity index (χ3n) is 3.01. The highest BCUT2D eigenvalue weighted by Crippen LogP contribution is 2.28. The second-order valence-electron chi connectivity index (χ2n) is 4.54. The molecule has 0 spiro atoms. The van der Waals surface area contributed by atoms with E-state index in [2.05, 4.69) is 15.9 Å². The van der Waals surface area contributed by atoms with E-state index in [1.54, 1.807) is 19.1 Å². The summed E-state index contributed by atoms with van der Waals surface area (Å²) in [6, 6.07) is 9.65. The highest BCUT2D eigenvalue weighted by atomic mass is 79.9. The first kappa shape index (κ1) is 15.1. The Bertz CT molecular complexity index is 605. The summed E-state index contributed by atoms with van der Waals surface area (Å²) >= 11 is 4.92. The van der Waals surface area contributed by atoms with E-state index < -0.39 is 0 Å². The van der Waals surface area contributed by atoms with Crippen LogP contribution in [0.15, 0.2) is 34.1 Å². The minimum absolute atomic E-state index is 0.0229. The van der Waals surface area contributed by atoms with Crippen molar-refractivity contribution in [2.75, 3.05) is 14.2 Å². The molecule has 5 heteroatoms. The van der Waals surface area contributed by atoms with Crippen molar-refractivity contribution in [2.24, 2.45) is 0 Å². The zero-order valence-corrected chi connectivity index (χ0v) is 14.0. The molecule has 0 fully saturated rings. The van der Waals surface area contributed by atoms with Crippen LogP contribution in [0.2, 0.25) is 0 Å². The molecule has 0 atom stereocenters. The third-order valence-corrected chi connectivity index (χ3v) is 5.14. The molecule has 0 aliphatic rings. The fourth-order valence-electron chi connectivity index (χ4n) is 1.91. The van der Waals surface area contributed by atoms with Crippen molar-refractivity contribution in [2.45, 2.75) is 13.5 Å². The van der Waals surface area contributed by atoms with Crippen molar-refractivity contribution in [3.63, 3.8) is 0 Å². The van der Waals surface area contributed by atoms with Crippen LogP contribution in [0, 0.1) is 6.92 Å². The molecule has 0 bridgehead atoms. The first-order valence-electron chi connectivity index (χ1n) is 6.16. The van der Waals surface area contributed by atoms with Gasteiger partial charge in [0.05, 0.1) is 15.8 Å². The van der Waals surface area contributed by atoms with Gasteiger partial charge in [-0.05, 0) is 40.5 Å². The van der Waals surface area contributed by atoms with Crippen LogP contribution in [0.25, 0.3) is 0 Å². The van der Waals surface area contributed by atoms with Crippen LogP contribution >= 0.6 is 27.3 Å². The molecule has 1 aromatic heterocycles. The molecule has 1 heterocycles. The molecule has 0 saturated heterocycles. The number of nitrogens with zero attached hydrogens (tertiary/aromatic N) is 1. The second kappa shape index (κ2) is 6.41. The summed E-state index contributed by atoms with van der Waals surface area (Å²) in [5, 5.41) is 0. The summed E-state index contributed by atoms with van der Waals surface area (Å²) in [6.45, 7) is 2.51. The Morgan fingerprint density at radius 1 is 1.40 bits per heavy atom. The number of benzene rings is 1. The number of ether oxygens (including phenoxy) is 1. The minimum atomic E-state index is 0.0229. The van der Waals surface area contributed by atoms with Gasteiger partial charge in [0.2, 0.25) is 0 Å².